The fourth-order valence-corrected chi connectivity index (χ4v) is 1.26. The molecular formula is C11H19Cl. The highest BCUT2D eigenvalue weighted by molar-refractivity contribution is 6.32. The van der Waals surface area contributed by atoms with Crippen LogP contribution in [-0.2, 0) is 0 Å². The van der Waals surface area contributed by atoms with E-state index in [1.807, 2.05) is 0 Å². The van der Waals surface area contributed by atoms with Gasteiger partial charge in [0.25, 0.3) is 0 Å². The van der Waals surface area contributed by atoms with Crippen molar-refractivity contribution in [2.75, 3.05) is 0 Å². The Balaban J connectivity index is 4.66. The molecule has 0 aliphatic rings. The maximum atomic E-state index is 6.17. The van der Waals surface area contributed by atoms with Crippen molar-refractivity contribution in [2.24, 2.45) is 5.92 Å². The van der Waals surface area contributed by atoms with Gasteiger partial charge >= 0.3 is 0 Å². The van der Waals surface area contributed by atoms with E-state index in [2.05, 4.69) is 40.7 Å². The monoisotopic (exact) mass is 186 g/mol. The van der Waals surface area contributed by atoms with Crippen LogP contribution >= 0.6 is 11.6 Å². The summed E-state index contributed by atoms with van der Waals surface area (Å²) < 4.78 is 0. The molecular weight excluding hydrogens is 168 g/mol. The van der Waals surface area contributed by atoms with Crippen molar-refractivity contribution < 1.29 is 0 Å². The molecule has 0 heterocycles. The fourth-order valence-electron chi connectivity index (χ4n) is 0.960. The van der Waals surface area contributed by atoms with Crippen LogP contribution in [0.5, 0.6) is 0 Å². The predicted molar refractivity (Wildman–Crippen MR) is 57.4 cm³/mol. The number of hydrogen-bond acceptors (Lipinski definition) is 0. The molecule has 0 aromatic heterocycles. The Bertz CT molecular complexity index is 197. The van der Waals surface area contributed by atoms with Gasteiger partial charge in [-0.2, -0.15) is 0 Å². The van der Waals surface area contributed by atoms with Crippen LogP contribution in [0.25, 0.3) is 0 Å². The van der Waals surface area contributed by atoms with Gasteiger partial charge in [-0.1, -0.05) is 44.0 Å². The number of halogens is 1. The van der Waals surface area contributed by atoms with Gasteiger partial charge in [-0.3, -0.25) is 0 Å². The second-order valence-electron chi connectivity index (χ2n) is 3.45. The molecule has 0 aliphatic heterocycles. The number of hydrogen-bond donors (Lipinski definition) is 0. The van der Waals surface area contributed by atoms with Crippen molar-refractivity contribution in [2.45, 2.75) is 41.0 Å². The Hall–Kier alpha value is -0.230. The number of allylic oxidation sites excluding steroid dienone is 4. The van der Waals surface area contributed by atoms with E-state index in [-0.39, 0.29) is 0 Å². The summed E-state index contributed by atoms with van der Waals surface area (Å²) in [6, 6.07) is 0. The largest absolute Gasteiger partial charge is 0.0841 e. The predicted octanol–water partition coefficient (Wildman–Crippen LogP) is 4.51. The third kappa shape index (κ3) is 3.44. The molecule has 0 saturated carbocycles. The van der Waals surface area contributed by atoms with Crippen molar-refractivity contribution in [3.8, 4) is 0 Å². The number of rotatable bonds is 3. The van der Waals surface area contributed by atoms with Crippen LogP contribution in [0.15, 0.2) is 22.3 Å². The van der Waals surface area contributed by atoms with Crippen LogP contribution in [0.2, 0.25) is 0 Å². The average Bonchev–Trinajstić information content (AvgIpc) is 2.02. The second-order valence-corrected chi connectivity index (χ2v) is 3.83. The first-order valence-corrected chi connectivity index (χ1v) is 4.91. The quantitative estimate of drug-likeness (QED) is 0.569. The molecule has 0 aromatic rings. The molecule has 0 unspecified atom stereocenters. The maximum Gasteiger partial charge on any atom is 0.0423 e. The molecule has 0 aliphatic carbocycles. The zero-order valence-corrected chi connectivity index (χ0v) is 9.50. The lowest BCUT2D eigenvalue weighted by Gasteiger charge is -2.09. The summed E-state index contributed by atoms with van der Waals surface area (Å²) in [5.41, 5.74) is 2.48. The molecule has 0 aromatic carbocycles. The van der Waals surface area contributed by atoms with Crippen molar-refractivity contribution in [3.63, 3.8) is 0 Å². The Morgan fingerprint density at radius 3 is 2.17 bits per heavy atom. The van der Waals surface area contributed by atoms with E-state index in [1.165, 1.54) is 11.1 Å². The first-order chi connectivity index (χ1) is 5.50. The first-order valence-electron chi connectivity index (χ1n) is 4.54. The van der Waals surface area contributed by atoms with Crippen LogP contribution in [0.3, 0.4) is 0 Å². The van der Waals surface area contributed by atoms with Crippen LogP contribution < -0.4 is 0 Å². The van der Waals surface area contributed by atoms with E-state index in [0.29, 0.717) is 5.92 Å². The highest BCUT2D eigenvalue weighted by atomic mass is 35.5. The van der Waals surface area contributed by atoms with Gasteiger partial charge in [-0.25, -0.2) is 0 Å². The molecule has 0 atom stereocenters. The van der Waals surface area contributed by atoms with Crippen LogP contribution in [0.1, 0.15) is 41.0 Å². The topological polar surface area (TPSA) is 0 Å². The Labute approximate surface area is 81.3 Å². The maximum absolute atomic E-state index is 6.17. The van der Waals surface area contributed by atoms with E-state index in [9.17, 15) is 0 Å². The summed E-state index contributed by atoms with van der Waals surface area (Å²) in [5.74, 6) is 0.540. The van der Waals surface area contributed by atoms with Gasteiger partial charge < -0.3 is 0 Å². The lowest BCUT2D eigenvalue weighted by atomic mass is 10.0. The van der Waals surface area contributed by atoms with E-state index in [0.717, 1.165) is 11.5 Å². The summed E-state index contributed by atoms with van der Waals surface area (Å²) in [4.78, 5) is 0. The first kappa shape index (κ1) is 11.8. The van der Waals surface area contributed by atoms with Gasteiger partial charge in [0.15, 0.2) is 0 Å². The van der Waals surface area contributed by atoms with Gasteiger partial charge in [-0.15, -0.1) is 0 Å². The van der Waals surface area contributed by atoms with Gasteiger partial charge in [0.05, 0.1) is 0 Å². The molecule has 1 heteroatoms. The van der Waals surface area contributed by atoms with E-state index < -0.39 is 0 Å². The highest BCUT2D eigenvalue weighted by Gasteiger charge is 2.04. The van der Waals surface area contributed by atoms with E-state index in [1.54, 1.807) is 0 Å². The summed E-state index contributed by atoms with van der Waals surface area (Å²) in [6.45, 7) is 10.6. The molecule has 0 spiro atoms. The minimum absolute atomic E-state index is 0.540. The van der Waals surface area contributed by atoms with Crippen molar-refractivity contribution in [3.05, 3.63) is 22.3 Å². The van der Waals surface area contributed by atoms with Crippen LogP contribution in [0.4, 0.5) is 0 Å². The zero-order chi connectivity index (χ0) is 9.72. The molecule has 0 fully saturated rings. The average molecular weight is 187 g/mol. The summed E-state index contributed by atoms with van der Waals surface area (Å²) >= 11 is 6.17. The molecule has 0 N–H and O–H groups in total. The molecule has 0 saturated heterocycles. The SMILES string of the molecule is CC/C=C(C)\C(Cl)=C(/C)C(C)C. The van der Waals surface area contributed by atoms with Crippen LogP contribution in [-0.4, -0.2) is 0 Å². The third-order valence-corrected chi connectivity index (χ3v) is 2.66. The van der Waals surface area contributed by atoms with E-state index in [4.69, 9.17) is 11.6 Å². The fraction of sp³-hybridized carbons (Fsp3) is 0.636. The van der Waals surface area contributed by atoms with Crippen LogP contribution in [0, 0.1) is 5.92 Å². The highest BCUT2D eigenvalue weighted by Crippen LogP contribution is 2.23. The Kier molecular flexibility index (Phi) is 5.32. The Morgan fingerprint density at radius 2 is 1.83 bits per heavy atom. The lowest BCUT2D eigenvalue weighted by molar-refractivity contribution is 0.765. The normalized spacial score (nSPS) is 15.1. The lowest BCUT2D eigenvalue weighted by Crippen LogP contribution is -1.92. The minimum atomic E-state index is 0.540. The molecule has 0 radical (unpaired) electrons. The van der Waals surface area contributed by atoms with Crippen molar-refractivity contribution >= 4 is 11.6 Å². The molecule has 0 bridgehead atoms. The van der Waals surface area contributed by atoms with Gasteiger partial charge in [0, 0.05) is 5.03 Å². The summed E-state index contributed by atoms with van der Waals surface area (Å²) in [6.07, 6.45) is 3.21. The molecule has 0 amide bonds. The van der Waals surface area contributed by atoms with Crippen molar-refractivity contribution in [1.29, 1.82) is 0 Å². The molecule has 0 rings (SSSR count). The smallest absolute Gasteiger partial charge is 0.0423 e. The van der Waals surface area contributed by atoms with Crippen molar-refractivity contribution in [1.82, 2.24) is 0 Å². The van der Waals surface area contributed by atoms with E-state index >= 15 is 0 Å². The molecule has 0 nitrogen and oxygen atoms in total. The summed E-state index contributed by atoms with van der Waals surface area (Å²) in [7, 11) is 0. The minimum Gasteiger partial charge on any atom is -0.0841 e. The summed E-state index contributed by atoms with van der Waals surface area (Å²) in [5, 5.41) is 0.937. The molecule has 12 heavy (non-hydrogen) atoms. The van der Waals surface area contributed by atoms with Gasteiger partial charge in [0.2, 0.25) is 0 Å². The molecule has 70 valence electrons. The zero-order valence-electron chi connectivity index (χ0n) is 8.74. The second kappa shape index (κ2) is 5.42. The Morgan fingerprint density at radius 1 is 1.33 bits per heavy atom. The van der Waals surface area contributed by atoms with Gasteiger partial charge in [-0.05, 0) is 31.8 Å². The van der Waals surface area contributed by atoms with Gasteiger partial charge in [0.1, 0.15) is 0 Å². The third-order valence-electron chi connectivity index (χ3n) is 2.07. The standard InChI is InChI=1S/C11H19Cl/c1-6-7-9(4)11(12)10(5)8(2)3/h7-8H,6H2,1-5H3/b9-7-,11-10-.